The largest absolute Gasteiger partial charge is 0.493 e. The first kappa shape index (κ1) is 25.3. The minimum Gasteiger partial charge on any atom is -0.493 e. The normalized spacial score (nSPS) is 11.0. The Kier molecular flexibility index (Phi) is 11.3. The lowest BCUT2D eigenvalue weighted by atomic mass is 10.0. The third kappa shape index (κ3) is 7.60. The van der Waals surface area contributed by atoms with Crippen LogP contribution >= 0.6 is 31.9 Å². The Morgan fingerprint density at radius 1 is 0.600 bits per heavy atom. The summed E-state index contributed by atoms with van der Waals surface area (Å²) in [6, 6.07) is 8.60. The number of hydrogen-bond donors (Lipinski definition) is 0. The van der Waals surface area contributed by atoms with Crippen molar-refractivity contribution in [3.63, 3.8) is 0 Å². The van der Waals surface area contributed by atoms with Gasteiger partial charge in [-0.25, -0.2) is 0 Å². The molecule has 0 saturated heterocycles. The average molecular weight is 540 g/mol. The van der Waals surface area contributed by atoms with E-state index in [2.05, 4.69) is 83.8 Å². The summed E-state index contributed by atoms with van der Waals surface area (Å²) < 4.78 is 14.7. The number of aryl methyl sites for hydroxylation is 2. The summed E-state index contributed by atoms with van der Waals surface area (Å²) in [5.41, 5.74) is 4.51. The fourth-order valence-electron chi connectivity index (χ4n) is 3.39. The highest BCUT2D eigenvalue weighted by molar-refractivity contribution is 9.10. The molecule has 30 heavy (non-hydrogen) atoms. The molecule has 166 valence electrons. The van der Waals surface area contributed by atoms with Crippen LogP contribution in [0.4, 0.5) is 0 Å². The first-order valence-electron chi connectivity index (χ1n) is 11.3. The summed E-state index contributed by atoms with van der Waals surface area (Å²) in [4.78, 5) is 0. The number of unbranched alkanes of at least 4 members (excludes halogenated alkanes) is 6. The van der Waals surface area contributed by atoms with E-state index < -0.39 is 0 Å². The van der Waals surface area contributed by atoms with Gasteiger partial charge in [0.15, 0.2) is 0 Å². The summed E-state index contributed by atoms with van der Waals surface area (Å²) in [5.74, 6) is 1.86. The molecule has 0 aliphatic rings. The molecule has 0 atom stereocenters. The summed E-state index contributed by atoms with van der Waals surface area (Å²) >= 11 is 7.42. The van der Waals surface area contributed by atoms with Crippen LogP contribution in [0, 0.1) is 13.8 Å². The van der Waals surface area contributed by atoms with Crippen molar-refractivity contribution in [1.29, 1.82) is 0 Å². The molecule has 0 bridgehead atoms. The molecule has 0 saturated carbocycles. The lowest BCUT2D eigenvalue weighted by Crippen LogP contribution is -2.02. The quantitative estimate of drug-likeness (QED) is 0.236. The molecule has 0 radical (unpaired) electrons. The SMILES string of the molecule is CCCCCCOc1cc(C)c(Br)cc1-c1cc(Br)c(C)cc1OCCCCCC. The Labute approximate surface area is 200 Å². The van der Waals surface area contributed by atoms with E-state index in [1.807, 2.05) is 0 Å². The zero-order valence-electron chi connectivity index (χ0n) is 19.0. The van der Waals surface area contributed by atoms with Gasteiger partial charge < -0.3 is 9.47 Å². The van der Waals surface area contributed by atoms with Gasteiger partial charge in [-0.15, -0.1) is 0 Å². The van der Waals surface area contributed by atoms with Crippen molar-refractivity contribution in [2.75, 3.05) is 13.2 Å². The molecule has 2 aromatic carbocycles. The third-order valence-electron chi connectivity index (χ3n) is 5.32. The van der Waals surface area contributed by atoms with Gasteiger partial charge in [0, 0.05) is 20.1 Å². The van der Waals surface area contributed by atoms with Crippen LogP contribution in [0.5, 0.6) is 11.5 Å². The molecule has 2 rings (SSSR count). The van der Waals surface area contributed by atoms with Gasteiger partial charge in [0.25, 0.3) is 0 Å². The van der Waals surface area contributed by atoms with Crippen LogP contribution in [-0.4, -0.2) is 13.2 Å². The Hall–Kier alpha value is -1.00. The van der Waals surface area contributed by atoms with E-state index in [1.54, 1.807) is 0 Å². The van der Waals surface area contributed by atoms with Crippen molar-refractivity contribution in [2.45, 2.75) is 79.1 Å². The Morgan fingerprint density at radius 2 is 1.00 bits per heavy atom. The van der Waals surface area contributed by atoms with E-state index in [1.165, 1.54) is 49.7 Å². The van der Waals surface area contributed by atoms with Gasteiger partial charge in [-0.05, 0) is 62.1 Å². The number of hydrogen-bond acceptors (Lipinski definition) is 2. The molecular weight excluding hydrogens is 504 g/mol. The van der Waals surface area contributed by atoms with E-state index in [4.69, 9.17) is 9.47 Å². The maximum Gasteiger partial charge on any atom is 0.127 e. The second-order valence-electron chi connectivity index (χ2n) is 8.01. The molecule has 0 fully saturated rings. The van der Waals surface area contributed by atoms with Crippen molar-refractivity contribution in [3.8, 4) is 22.6 Å². The molecule has 2 nitrogen and oxygen atoms in total. The highest BCUT2D eigenvalue weighted by atomic mass is 79.9. The number of rotatable bonds is 13. The second kappa shape index (κ2) is 13.4. The van der Waals surface area contributed by atoms with Crippen molar-refractivity contribution in [3.05, 3.63) is 44.3 Å². The van der Waals surface area contributed by atoms with Crippen LogP contribution < -0.4 is 9.47 Å². The van der Waals surface area contributed by atoms with Gasteiger partial charge in [-0.1, -0.05) is 84.2 Å². The minimum atomic E-state index is 0.744. The predicted molar refractivity (Wildman–Crippen MR) is 136 cm³/mol. The van der Waals surface area contributed by atoms with Gasteiger partial charge in [-0.3, -0.25) is 0 Å². The standard InChI is InChI=1S/C26H36Br2O2/c1-5-7-9-11-13-29-25-15-19(3)23(27)17-21(25)22-18-24(28)20(4)16-26(22)30-14-12-10-8-6-2/h15-18H,5-14H2,1-4H3. The van der Waals surface area contributed by atoms with Crippen molar-refractivity contribution >= 4 is 31.9 Å². The molecule has 0 unspecified atom stereocenters. The topological polar surface area (TPSA) is 18.5 Å². The first-order valence-corrected chi connectivity index (χ1v) is 12.9. The van der Waals surface area contributed by atoms with Crippen LogP contribution in [0.25, 0.3) is 11.1 Å². The molecule has 0 aromatic heterocycles. The van der Waals surface area contributed by atoms with Crippen LogP contribution in [0.3, 0.4) is 0 Å². The van der Waals surface area contributed by atoms with Crippen LogP contribution in [-0.2, 0) is 0 Å². The smallest absolute Gasteiger partial charge is 0.127 e. The molecule has 0 heterocycles. The van der Waals surface area contributed by atoms with E-state index in [0.717, 1.165) is 57.6 Å². The van der Waals surface area contributed by atoms with Gasteiger partial charge in [0.2, 0.25) is 0 Å². The summed E-state index contributed by atoms with van der Waals surface area (Å²) in [7, 11) is 0. The van der Waals surface area contributed by atoms with Gasteiger partial charge in [-0.2, -0.15) is 0 Å². The number of halogens is 2. The molecule has 4 heteroatoms. The lowest BCUT2D eigenvalue weighted by Gasteiger charge is -2.18. The molecule has 0 aliphatic carbocycles. The van der Waals surface area contributed by atoms with Crippen LogP contribution in [0.2, 0.25) is 0 Å². The van der Waals surface area contributed by atoms with Crippen molar-refractivity contribution in [1.82, 2.24) is 0 Å². The second-order valence-corrected chi connectivity index (χ2v) is 9.72. The minimum absolute atomic E-state index is 0.744. The monoisotopic (exact) mass is 538 g/mol. The van der Waals surface area contributed by atoms with Gasteiger partial charge in [0.1, 0.15) is 11.5 Å². The Bertz CT molecular complexity index is 735. The zero-order chi connectivity index (χ0) is 21.9. The maximum atomic E-state index is 6.26. The first-order chi connectivity index (χ1) is 14.5. The highest BCUT2D eigenvalue weighted by Gasteiger charge is 2.16. The highest BCUT2D eigenvalue weighted by Crippen LogP contribution is 2.42. The van der Waals surface area contributed by atoms with Crippen LogP contribution in [0.1, 0.15) is 76.3 Å². The average Bonchev–Trinajstić information content (AvgIpc) is 2.72. The lowest BCUT2D eigenvalue weighted by molar-refractivity contribution is 0.301. The Morgan fingerprint density at radius 3 is 1.37 bits per heavy atom. The molecule has 0 spiro atoms. The van der Waals surface area contributed by atoms with Gasteiger partial charge >= 0.3 is 0 Å². The van der Waals surface area contributed by atoms with E-state index in [-0.39, 0.29) is 0 Å². The zero-order valence-corrected chi connectivity index (χ0v) is 22.1. The van der Waals surface area contributed by atoms with E-state index in [9.17, 15) is 0 Å². The maximum absolute atomic E-state index is 6.26. The summed E-state index contributed by atoms with van der Waals surface area (Å²) in [6.45, 7) is 10.2. The summed E-state index contributed by atoms with van der Waals surface area (Å²) in [5, 5.41) is 0. The van der Waals surface area contributed by atoms with E-state index >= 15 is 0 Å². The van der Waals surface area contributed by atoms with Crippen molar-refractivity contribution in [2.24, 2.45) is 0 Å². The molecular formula is C26H36Br2O2. The third-order valence-corrected chi connectivity index (χ3v) is 7.03. The number of benzene rings is 2. The molecule has 0 amide bonds. The molecule has 2 aromatic rings. The van der Waals surface area contributed by atoms with Crippen molar-refractivity contribution < 1.29 is 9.47 Å². The fraction of sp³-hybridized carbons (Fsp3) is 0.538. The predicted octanol–water partition coefficient (Wildman–Crippen LogP) is 9.41. The number of ether oxygens (including phenoxy) is 2. The van der Waals surface area contributed by atoms with Gasteiger partial charge in [0.05, 0.1) is 13.2 Å². The van der Waals surface area contributed by atoms with Crippen LogP contribution in [0.15, 0.2) is 33.2 Å². The molecule has 0 aliphatic heterocycles. The Balaban J connectivity index is 2.31. The fourth-order valence-corrected chi connectivity index (χ4v) is 4.08. The van der Waals surface area contributed by atoms with E-state index in [0.29, 0.717) is 0 Å². The molecule has 0 N–H and O–H groups in total. The summed E-state index contributed by atoms with van der Waals surface area (Å²) in [6.07, 6.45) is 9.58.